The summed E-state index contributed by atoms with van der Waals surface area (Å²) in [5.41, 5.74) is 7.16. The van der Waals surface area contributed by atoms with E-state index in [-0.39, 0.29) is 16.6 Å². The molecule has 2 aromatic carbocycles. The lowest BCUT2D eigenvalue weighted by Gasteiger charge is -2.16. The maximum atomic E-state index is 13.7. The molecule has 0 aliphatic rings. The predicted octanol–water partition coefficient (Wildman–Crippen LogP) is 3.55. The molecule has 0 heterocycles. The van der Waals surface area contributed by atoms with Crippen molar-refractivity contribution >= 4 is 23.2 Å². The summed E-state index contributed by atoms with van der Waals surface area (Å²) in [5.74, 6) is -1.15. The lowest BCUT2D eigenvalue weighted by molar-refractivity contribution is 0.0936. The average molecular weight is 293 g/mol. The maximum Gasteiger partial charge on any atom is 0.254 e. The number of nitrogen functional groups attached to an aromatic ring is 1. The van der Waals surface area contributed by atoms with E-state index < -0.39 is 11.7 Å². The second kappa shape index (κ2) is 5.92. The summed E-state index contributed by atoms with van der Waals surface area (Å²) < 4.78 is 13.7. The minimum absolute atomic E-state index is 0.0456. The average Bonchev–Trinajstić information content (AvgIpc) is 2.38. The van der Waals surface area contributed by atoms with E-state index in [9.17, 15) is 9.18 Å². The molecule has 1 amide bonds. The number of anilines is 1. The smallest absolute Gasteiger partial charge is 0.254 e. The van der Waals surface area contributed by atoms with E-state index in [4.69, 9.17) is 17.3 Å². The molecule has 3 nitrogen and oxygen atoms in total. The van der Waals surface area contributed by atoms with Gasteiger partial charge in [0, 0.05) is 10.7 Å². The summed E-state index contributed by atoms with van der Waals surface area (Å²) >= 11 is 5.66. The zero-order valence-electron chi connectivity index (χ0n) is 10.9. The summed E-state index contributed by atoms with van der Waals surface area (Å²) in [4.78, 5) is 12.0. The Morgan fingerprint density at radius 2 is 2.00 bits per heavy atom. The Bertz CT molecular complexity index is 646. The third-order valence-electron chi connectivity index (χ3n) is 2.99. The molecule has 104 valence electrons. The van der Waals surface area contributed by atoms with E-state index in [0.29, 0.717) is 5.69 Å². The molecule has 2 aromatic rings. The van der Waals surface area contributed by atoms with E-state index in [1.54, 1.807) is 13.0 Å². The first kappa shape index (κ1) is 14.3. The Labute approximate surface area is 121 Å². The first-order valence-corrected chi connectivity index (χ1v) is 6.47. The first-order chi connectivity index (χ1) is 9.49. The van der Waals surface area contributed by atoms with Crippen LogP contribution in [0.15, 0.2) is 42.5 Å². The molecule has 0 saturated heterocycles. The van der Waals surface area contributed by atoms with Crippen LogP contribution in [0.1, 0.15) is 28.9 Å². The Balaban J connectivity index is 2.17. The topological polar surface area (TPSA) is 55.1 Å². The van der Waals surface area contributed by atoms with Crippen LogP contribution in [0.25, 0.3) is 0 Å². The van der Waals surface area contributed by atoms with Crippen LogP contribution in [0, 0.1) is 5.82 Å². The number of hydrogen-bond donors (Lipinski definition) is 2. The molecular weight excluding hydrogens is 279 g/mol. The predicted molar refractivity (Wildman–Crippen MR) is 78.1 cm³/mol. The highest BCUT2D eigenvalue weighted by Crippen LogP contribution is 2.21. The van der Waals surface area contributed by atoms with Crippen LogP contribution in [0.3, 0.4) is 0 Å². The Morgan fingerprint density at radius 3 is 2.65 bits per heavy atom. The minimum Gasteiger partial charge on any atom is -0.398 e. The van der Waals surface area contributed by atoms with Gasteiger partial charge in [-0.2, -0.15) is 0 Å². The highest BCUT2D eigenvalue weighted by molar-refractivity contribution is 6.30. The minimum atomic E-state index is -0.650. The zero-order valence-corrected chi connectivity index (χ0v) is 11.6. The molecule has 0 saturated carbocycles. The van der Waals surface area contributed by atoms with E-state index in [1.165, 1.54) is 12.1 Å². The maximum absolute atomic E-state index is 13.7. The van der Waals surface area contributed by atoms with Crippen molar-refractivity contribution in [3.63, 3.8) is 0 Å². The van der Waals surface area contributed by atoms with Crippen LogP contribution in [-0.2, 0) is 0 Å². The van der Waals surface area contributed by atoms with Crippen LogP contribution in [-0.4, -0.2) is 5.91 Å². The van der Waals surface area contributed by atoms with Crippen molar-refractivity contribution in [3.8, 4) is 0 Å². The number of amides is 1. The van der Waals surface area contributed by atoms with E-state index in [0.717, 1.165) is 11.6 Å². The van der Waals surface area contributed by atoms with Crippen LogP contribution in [0.2, 0.25) is 5.02 Å². The van der Waals surface area contributed by atoms with Crippen molar-refractivity contribution in [2.75, 3.05) is 5.73 Å². The van der Waals surface area contributed by atoms with Crippen LogP contribution < -0.4 is 11.1 Å². The molecule has 1 atom stereocenters. The van der Waals surface area contributed by atoms with Gasteiger partial charge in [0.15, 0.2) is 0 Å². The van der Waals surface area contributed by atoms with Crippen molar-refractivity contribution in [1.29, 1.82) is 0 Å². The van der Waals surface area contributed by atoms with Gasteiger partial charge in [-0.15, -0.1) is 0 Å². The fourth-order valence-electron chi connectivity index (χ4n) is 1.93. The normalized spacial score (nSPS) is 11.9. The van der Waals surface area contributed by atoms with Gasteiger partial charge in [0.05, 0.1) is 11.6 Å². The fraction of sp³-hybridized carbons (Fsp3) is 0.133. The van der Waals surface area contributed by atoms with Gasteiger partial charge in [0.2, 0.25) is 0 Å². The third kappa shape index (κ3) is 3.08. The summed E-state index contributed by atoms with van der Waals surface area (Å²) in [7, 11) is 0. The molecule has 3 N–H and O–H groups in total. The number of carbonyl (C=O) groups is 1. The Morgan fingerprint density at radius 1 is 1.30 bits per heavy atom. The van der Waals surface area contributed by atoms with Crippen LogP contribution in [0.4, 0.5) is 10.1 Å². The largest absolute Gasteiger partial charge is 0.398 e. The summed E-state index contributed by atoms with van der Waals surface area (Å²) in [6, 6.07) is 10.8. The van der Waals surface area contributed by atoms with Gasteiger partial charge >= 0.3 is 0 Å². The molecule has 0 fully saturated rings. The molecule has 0 aliphatic heterocycles. The van der Waals surface area contributed by atoms with Crippen molar-refractivity contribution in [2.24, 2.45) is 0 Å². The number of nitrogens with two attached hydrogens (primary N) is 1. The van der Waals surface area contributed by atoms with Crippen molar-refractivity contribution in [1.82, 2.24) is 5.32 Å². The van der Waals surface area contributed by atoms with Crippen LogP contribution in [0.5, 0.6) is 0 Å². The molecule has 0 spiro atoms. The molecule has 0 bridgehead atoms. The fourth-order valence-corrected chi connectivity index (χ4v) is 2.09. The lowest BCUT2D eigenvalue weighted by Crippen LogP contribution is -2.27. The molecule has 0 aliphatic carbocycles. The Hall–Kier alpha value is -2.07. The van der Waals surface area contributed by atoms with Gasteiger partial charge in [-0.25, -0.2) is 4.39 Å². The van der Waals surface area contributed by atoms with E-state index in [1.807, 2.05) is 18.2 Å². The van der Waals surface area contributed by atoms with Gasteiger partial charge < -0.3 is 11.1 Å². The number of hydrogen-bond acceptors (Lipinski definition) is 2. The van der Waals surface area contributed by atoms with E-state index in [2.05, 4.69) is 5.32 Å². The van der Waals surface area contributed by atoms with Gasteiger partial charge in [-0.05, 0) is 36.8 Å². The zero-order chi connectivity index (χ0) is 14.7. The summed E-state index contributed by atoms with van der Waals surface area (Å²) in [5, 5.41) is 2.96. The number of halogens is 2. The SMILES string of the molecule is CC(NC(=O)c1ccc(Cl)cc1F)c1ccccc1N. The molecule has 0 radical (unpaired) electrons. The van der Waals surface area contributed by atoms with Gasteiger partial charge in [0.25, 0.3) is 5.91 Å². The van der Waals surface area contributed by atoms with Crippen molar-refractivity contribution < 1.29 is 9.18 Å². The summed E-state index contributed by atoms with van der Waals surface area (Å²) in [6.07, 6.45) is 0. The number of benzene rings is 2. The van der Waals surface area contributed by atoms with Crippen LogP contribution >= 0.6 is 11.6 Å². The van der Waals surface area contributed by atoms with Crippen molar-refractivity contribution in [3.05, 3.63) is 64.4 Å². The van der Waals surface area contributed by atoms with Crippen molar-refractivity contribution in [2.45, 2.75) is 13.0 Å². The lowest BCUT2D eigenvalue weighted by atomic mass is 10.1. The molecular formula is C15H14ClFN2O. The monoisotopic (exact) mass is 292 g/mol. The Kier molecular flexibility index (Phi) is 4.25. The summed E-state index contributed by atoms with van der Waals surface area (Å²) in [6.45, 7) is 1.79. The highest BCUT2D eigenvalue weighted by Gasteiger charge is 2.16. The third-order valence-corrected chi connectivity index (χ3v) is 3.22. The molecule has 5 heteroatoms. The molecule has 0 aromatic heterocycles. The molecule has 20 heavy (non-hydrogen) atoms. The first-order valence-electron chi connectivity index (χ1n) is 6.09. The highest BCUT2D eigenvalue weighted by atomic mass is 35.5. The number of rotatable bonds is 3. The quantitative estimate of drug-likeness (QED) is 0.850. The molecule has 2 rings (SSSR count). The number of carbonyl (C=O) groups excluding carboxylic acids is 1. The van der Waals surface area contributed by atoms with E-state index >= 15 is 0 Å². The second-order valence-corrected chi connectivity index (χ2v) is 4.88. The van der Waals surface area contributed by atoms with Gasteiger partial charge in [-0.1, -0.05) is 29.8 Å². The molecule has 1 unspecified atom stereocenters. The van der Waals surface area contributed by atoms with Gasteiger partial charge in [-0.3, -0.25) is 4.79 Å². The second-order valence-electron chi connectivity index (χ2n) is 4.45. The number of para-hydroxylation sites is 1. The number of nitrogens with one attached hydrogen (secondary N) is 1. The standard InChI is InChI=1S/C15H14ClFN2O/c1-9(11-4-2-3-5-14(11)18)19-15(20)12-7-6-10(16)8-13(12)17/h2-9H,18H2,1H3,(H,19,20). The van der Waals surface area contributed by atoms with Gasteiger partial charge in [0.1, 0.15) is 5.82 Å².